The number of nitro benzene ring substituents is 1. The van der Waals surface area contributed by atoms with Crippen molar-refractivity contribution < 1.29 is 14.5 Å². The number of fused-ring (bicyclic) bond motifs is 1. The van der Waals surface area contributed by atoms with Crippen LogP contribution in [-0.4, -0.2) is 23.2 Å². The van der Waals surface area contributed by atoms with Gasteiger partial charge in [-0.2, -0.15) is 0 Å². The van der Waals surface area contributed by atoms with Crippen molar-refractivity contribution in [3.63, 3.8) is 0 Å². The third-order valence-corrected chi connectivity index (χ3v) is 4.40. The largest absolute Gasteiger partial charge is 0.443 e. The van der Waals surface area contributed by atoms with Crippen LogP contribution in [0.25, 0.3) is 10.8 Å². The quantitative estimate of drug-likeness (QED) is 0.430. The highest BCUT2D eigenvalue weighted by molar-refractivity contribution is 9.10. The van der Waals surface area contributed by atoms with Gasteiger partial charge in [-0.1, -0.05) is 35.9 Å². The summed E-state index contributed by atoms with van der Waals surface area (Å²) < 4.78 is 5.89. The average molecular weight is 442 g/mol. The van der Waals surface area contributed by atoms with E-state index in [2.05, 4.69) is 15.9 Å². The van der Waals surface area contributed by atoms with Gasteiger partial charge in [-0.15, -0.1) is 0 Å². The molecule has 0 heterocycles. The Kier molecular flexibility index (Phi) is 6.26. The number of halogens is 2. The van der Waals surface area contributed by atoms with E-state index >= 15 is 0 Å². The lowest BCUT2D eigenvalue weighted by atomic mass is 10.1. The number of benzene rings is 2. The second-order valence-electron chi connectivity index (χ2n) is 6.48. The first kappa shape index (κ1) is 20.2. The second-order valence-corrected chi connectivity index (χ2v) is 7.53. The molecule has 2 aromatic rings. The van der Waals surface area contributed by atoms with Crippen LogP contribution in [0.4, 0.5) is 16.2 Å². The molecule has 0 spiro atoms. The highest BCUT2D eigenvalue weighted by Crippen LogP contribution is 2.39. The molecule has 0 aromatic heterocycles. The van der Waals surface area contributed by atoms with E-state index in [0.29, 0.717) is 20.9 Å². The van der Waals surface area contributed by atoms with Gasteiger partial charge < -0.3 is 4.74 Å². The summed E-state index contributed by atoms with van der Waals surface area (Å²) in [4.78, 5) is 25.0. The predicted molar refractivity (Wildman–Crippen MR) is 107 cm³/mol. The maximum atomic E-state index is 12.6. The van der Waals surface area contributed by atoms with Gasteiger partial charge in [0.1, 0.15) is 5.60 Å². The summed E-state index contributed by atoms with van der Waals surface area (Å²) in [6.45, 7) is 5.45. The van der Waals surface area contributed by atoms with Crippen LogP contribution in [0, 0.1) is 10.1 Å². The smallest absolute Gasteiger partial charge is 0.415 e. The zero-order chi connectivity index (χ0) is 19.5. The molecule has 0 fully saturated rings. The molecule has 0 saturated heterocycles. The Bertz CT molecular complexity index is 877. The normalized spacial score (nSPS) is 11.7. The standard InChI is InChI=1S/C18H18BrClN2O4/c1-18(2,3)26-17(23)21(11-5-10-20)14-9-8-12-6-4-7-13(22(24)25)15(12)16(14)19/h4-10H,11H2,1-3H3/b10-5+. The topological polar surface area (TPSA) is 72.7 Å². The van der Waals surface area contributed by atoms with Gasteiger partial charge >= 0.3 is 6.09 Å². The minimum Gasteiger partial charge on any atom is -0.443 e. The first-order chi connectivity index (χ1) is 12.2. The highest BCUT2D eigenvalue weighted by atomic mass is 79.9. The fourth-order valence-corrected chi connectivity index (χ4v) is 3.26. The minimum atomic E-state index is -0.685. The SMILES string of the molecule is CC(C)(C)OC(=O)N(C/C=C/Cl)c1ccc2cccc([N+](=O)[O-])c2c1Br. The third kappa shape index (κ3) is 4.53. The van der Waals surface area contributed by atoms with Crippen molar-refractivity contribution in [2.24, 2.45) is 0 Å². The number of amides is 1. The van der Waals surface area contributed by atoms with Crippen molar-refractivity contribution in [2.45, 2.75) is 26.4 Å². The summed E-state index contributed by atoms with van der Waals surface area (Å²) in [7, 11) is 0. The van der Waals surface area contributed by atoms with Crippen molar-refractivity contribution in [1.82, 2.24) is 0 Å². The first-order valence-electron chi connectivity index (χ1n) is 7.77. The molecule has 8 heteroatoms. The number of nitro groups is 1. The van der Waals surface area contributed by atoms with Gasteiger partial charge in [-0.3, -0.25) is 15.0 Å². The summed E-state index contributed by atoms with van der Waals surface area (Å²) in [5.41, 5.74) is 1.02. The molecule has 0 aliphatic carbocycles. The summed E-state index contributed by atoms with van der Waals surface area (Å²) >= 11 is 9.04. The number of ether oxygens (including phenoxy) is 1. The fraction of sp³-hybridized carbons (Fsp3) is 0.278. The Morgan fingerprint density at radius 2 is 2.04 bits per heavy atom. The Morgan fingerprint density at radius 1 is 1.35 bits per heavy atom. The van der Waals surface area contributed by atoms with Crippen LogP contribution in [0.2, 0.25) is 0 Å². The summed E-state index contributed by atoms with van der Waals surface area (Å²) in [6.07, 6.45) is 1.01. The lowest BCUT2D eigenvalue weighted by molar-refractivity contribution is -0.383. The molecule has 0 N–H and O–H groups in total. The van der Waals surface area contributed by atoms with Crippen molar-refractivity contribution in [3.8, 4) is 0 Å². The number of nitrogens with zero attached hydrogens (tertiary/aromatic N) is 2. The lowest BCUT2D eigenvalue weighted by Gasteiger charge is -2.27. The molecule has 0 saturated carbocycles. The number of rotatable bonds is 4. The first-order valence-corrected chi connectivity index (χ1v) is 9.00. The van der Waals surface area contributed by atoms with Crippen LogP contribution in [0.3, 0.4) is 0 Å². The predicted octanol–water partition coefficient (Wildman–Crippen LogP) is 6.00. The summed E-state index contributed by atoms with van der Waals surface area (Å²) in [5.74, 6) is 0. The molecule has 138 valence electrons. The maximum absolute atomic E-state index is 12.6. The Balaban J connectivity index is 2.62. The molecular weight excluding hydrogens is 424 g/mol. The minimum absolute atomic E-state index is 0.0479. The van der Waals surface area contributed by atoms with Crippen molar-refractivity contribution >= 4 is 55.8 Å². The zero-order valence-corrected chi connectivity index (χ0v) is 16.9. The number of carbonyl (C=O) groups is 1. The molecule has 6 nitrogen and oxygen atoms in total. The van der Waals surface area contributed by atoms with Crippen LogP contribution < -0.4 is 4.90 Å². The van der Waals surface area contributed by atoms with E-state index in [0.717, 1.165) is 0 Å². The van der Waals surface area contributed by atoms with E-state index in [-0.39, 0.29) is 12.2 Å². The molecule has 0 bridgehead atoms. The van der Waals surface area contributed by atoms with Crippen LogP contribution in [-0.2, 0) is 4.74 Å². The maximum Gasteiger partial charge on any atom is 0.415 e. The summed E-state index contributed by atoms with van der Waals surface area (Å²) in [6, 6.07) is 8.25. The van der Waals surface area contributed by atoms with Crippen molar-refractivity contribution in [2.75, 3.05) is 11.4 Å². The van der Waals surface area contributed by atoms with Crippen LogP contribution in [0.1, 0.15) is 20.8 Å². The molecule has 0 radical (unpaired) electrons. The Hall–Kier alpha value is -2.12. The van der Waals surface area contributed by atoms with E-state index in [1.165, 1.54) is 16.5 Å². The van der Waals surface area contributed by atoms with Gasteiger partial charge in [0.25, 0.3) is 5.69 Å². The molecule has 2 aromatic carbocycles. The van der Waals surface area contributed by atoms with E-state index in [1.54, 1.807) is 51.1 Å². The van der Waals surface area contributed by atoms with Crippen LogP contribution in [0.5, 0.6) is 0 Å². The van der Waals surface area contributed by atoms with Gasteiger partial charge in [-0.25, -0.2) is 4.79 Å². The molecule has 0 aliphatic heterocycles. The lowest BCUT2D eigenvalue weighted by Crippen LogP contribution is -2.37. The van der Waals surface area contributed by atoms with E-state index in [1.807, 2.05) is 0 Å². The molecule has 0 unspecified atom stereocenters. The van der Waals surface area contributed by atoms with Gasteiger partial charge in [0.2, 0.25) is 0 Å². The fourth-order valence-electron chi connectivity index (χ4n) is 2.40. The Morgan fingerprint density at radius 3 is 2.62 bits per heavy atom. The van der Waals surface area contributed by atoms with Gasteiger partial charge in [0, 0.05) is 18.1 Å². The zero-order valence-electron chi connectivity index (χ0n) is 14.5. The number of hydrogen-bond donors (Lipinski definition) is 0. The highest BCUT2D eigenvalue weighted by Gasteiger charge is 2.26. The Labute approximate surface area is 164 Å². The molecule has 0 atom stereocenters. The number of anilines is 1. The van der Waals surface area contributed by atoms with Crippen LogP contribution >= 0.6 is 27.5 Å². The van der Waals surface area contributed by atoms with E-state index < -0.39 is 16.6 Å². The molecular formula is C18H18BrClN2O4. The van der Waals surface area contributed by atoms with Gasteiger partial charge in [0.15, 0.2) is 0 Å². The van der Waals surface area contributed by atoms with Crippen molar-refractivity contribution in [3.05, 3.63) is 56.5 Å². The van der Waals surface area contributed by atoms with Crippen LogP contribution in [0.15, 0.2) is 46.4 Å². The van der Waals surface area contributed by atoms with E-state index in [4.69, 9.17) is 16.3 Å². The number of non-ortho nitro benzene ring substituents is 1. The molecule has 2 rings (SSSR count). The molecule has 0 aliphatic rings. The molecule has 26 heavy (non-hydrogen) atoms. The second kappa shape index (κ2) is 8.05. The van der Waals surface area contributed by atoms with Gasteiger partial charge in [0.05, 0.1) is 20.5 Å². The number of carbonyl (C=O) groups excluding carboxylic acids is 1. The van der Waals surface area contributed by atoms with Gasteiger partial charge in [-0.05, 0) is 48.2 Å². The summed E-state index contributed by atoms with van der Waals surface area (Å²) in [5, 5.41) is 12.5. The average Bonchev–Trinajstić information content (AvgIpc) is 2.54. The third-order valence-electron chi connectivity index (χ3n) is 3.42. The van der Waals surface area contributed by atoms with Crippen molar-refractivity contribution in [1.29, 1.82) is 0 Å². The van der Waals surface area contributed by atoms with E-state index in [9.17, 15) is 14.9 Å². The number of hydrogen-bond acceptors (Lipinski definition) is 4. The monoisotopic (exact) mass is 440 g/mol. The molecule has 1 amide bonds.